The molecule has 2 unspecified atom stereocenters. The summed E-state index contributed by atoms with van der Waals surface area (Å²) in [6, 6.07) is 0. The number of thioether (sulfide) groups is 1. The van der Waals surface area contributed by atoms with E-state index in [0.717, 1.165) is 18.0 Å². The topological polar surface area (TPSA) is 32.7 Å². The third-order valence-corrected chi connectivity index (χ3v) is 4.55. The molecule has 1 aliphatic heterocycles. The Bertz CT molecular complexity index is 409. The van der Waals surface area contributed by atoms with Crippen molar-refractivity contribution < 1.29 is 9.84 Å². The highest BCUT2D eigenvalue weighted by Gasteiger charge is 2.21. The van der Waals surface area contributed by atoms with Crippen LogP contribution in [0.15, 0.2) is 46.8 Å². The number of hydrogen-bond acceptors (Lipinski definition) is 4. The Morgan fingerprint density at radius 1 is 1.38 bits per heavy atom. The molecule has 0 radical (unpaired) electrons. The van der Waals surface area contributed by atoms with E-state index in [-0.39, 0.29) is 5.92 Å². The van der Waals surface area contributed by atoms with Gasteiger partial charge in [-0.3, -0.25) is 4.90 Å². The molecule has 0 aromatic heterocycles. The van der Waals surface area contributed by atoms with Crippen LogP contribution in [0.4, 0.5) is 0 Å². The van der Waals surface area contributed by atoms with Crippen LogP contribution in [0.2, 0.25) is 0 Å². The molecular formula is C17H27NO2S. The number of morpholine rings is 1. The fourth-order valence-corrected chi connectivity index (χ4v) is 2.71. The predicted molar refractivity (Wildman–Crippen MR) is 92.0 cm³/mol. The highest BCUT2D eigenvalue weighted by atomic mass is 32.2. The average Bonchev–Trinajstić information content (AvgIpc) is 2.53. The summed E-state index contributed by atoms with van der Waals surface area (Å²) in [6.45, 7) is 13.0. The maximum atomic E-state index is 10.3. The quantitative estimate of drug-likeness (QED) is 0.729. The Balaban J connectivity index is 2.54. The van der Waals surface area contributed by atoms with Gasteiger partial charge in [0.15, 0.2) is 0 Å². The van der Waals surface area contributed by atoms with E-state index in [0.29, 0.717) is 13.2 Å². The van der Waals surface area contributed by atoms with Crippen LogP contribution >= 0.6 is 11.8 Å². The Kier molecular flexibility index (Phi) is 8.69. The molecule has 0 saturated carbocycles. The van der Waals surface area contributed by atoms with Crippen LogP contribution in [-0.4, -0.2) is 42.5 Å². The van der Waals surface area contributed by atoms with Crippen molar-refractivity contribution >= 4 is 11.8 Å². The van der Waals surface area contributed by atoms with Crippen LogP contribution < -0.4 is 0 Å². The summed E-state index contributed by atoms with van der Waals surface area (Å²) in [5.74, 6) is 0.0817. The first-order chi connectivity index (χ1) is 10.1. The van der Waals surface area contributed by atoms with Gasteiger partial charge in [0.2, 0.25) is 0 Å². The van der Waals surface area contributed by atoms with Gasteiger partial charge >= 0.3 is 0 Å². The molecule has 0 amide bonds. The Hall–Kier alpha value is -0.810. The molecule has 2 atom stereocenters. The smallest absolute Gasteiger partial charge is 0.113 e. The predicted octanol–water partition coefficient (Wildman–Crippen LogP) is 3.56. The van der Waals surface area contributed by atoms with E-state index in [4.69, 9.17) is 4.74 Å². The van der Waals surface area contributed by atoms with Crippen molar-refractivity contribution in [2.24, 2.45) is 5.92 Å². The summed E-state index contributed by atoms with van der Waals surface area (Å²) in [7, 11) is 0. The van der Waals surface area contributed by atoms with Crippen LogP contribution in [0.3, 0.4) is 0 Å². The molecule has 0 aromatic rings. The molecule has 1 N–H and O–H groups in total. The van der Waals surface area contributed by atoms with Crippen LogP contribution in [0.25, 0.3) is 0 Å². The molecule has 1 saturated heterocycles. The zero-order valence-electron chi connectivity index (χ0n) is 13.3. The van der Waals surface area contributed by atoms with Gasteiger partial charge in [0, 0.05) is 23.9 Å². The maximum Gasteiger partial charge on any atom is 0.113 e. The molecule has 4 heteroatoms. The lowest BCUT2D eigenvalue weighted by Crippen LogP contribution is -2.46. The first-order valence-electron chi connectivity index (χ1n) is 7.40. The van der Waals surface area contributed by atoms with Gasteiger partial charge in [-0.1, -0.05) is 49.6 Å². The van der Waals surface area contributed by atoms with Gasteiger partial charge in [0.1, 0.15) is 6.23 Å². The van der Waals surface area contributed by atoms with Crippen molar-refractivity contribution in [3.05, 3.63) is 46.8 Å². The molecule has 1 rings (SSSR count). The number of nitrogens with zero attached hydrogens (tertiary/aromatic N) is 1. The first kappa shape index (κ1) is 18.2. The molecular weight excluding hydrogens is 282 g/mol. The van der Waals surface area contributed by atoms with Gasteiger partial charge < -0.3 is 9.84 Å². The lowest BCUT2D eigenvalue weighted by atomic mass is 10.1. The van der Waals surface area contributed by atoms with E-state index in [2.05, 4.69) is 24.5 Å². The SMILES string of the molecule is C=C/C(=C\C=CC(C)C(O)N1CCOCC1)SC(C)=CC. The fourth-order valence-electron chi connectivity index (χ4n) is 1.99. The van der Waals surface area contributed by atoms with Crippen molar-refractivity contribution in [3.8, 4) is 0 Å². The molecule has 0 aliphatic carbocycles. The minimum Gasteiger partial charge on any atom is -0.379 e. The van der Waals surface area contributed by atoms with Crippen LogP contribution in [0.1, 0.15) is 20.8 Å². The lowest BCUT2D eigenvalue weighted by molar-refractivity contribution is -0.0737. The highest BCUT2D eigenvalue weighted by molar-refractivity contribution is 8.06. The minimum absolute atomic E-state index is 0.0817. The van der Waals surface area contributed by atoms with Crippen molar-refractivity contribution in [2.75, 3.05) is 26.3 Å². The number of hydrogen-bond donors (Lipinski definition) is 1. The standard InChI is InChI=1S/C17H27NO2S/c1-5-15(4)21-16(6-2)9-7-8-14(3)17(19)18-10-12-20-13-11-18/h5-9,14,17,19H,2,10-13H2,1,3-4H3/b8-7?,15-5?,16-9+. The van der Waals surface area contributed by atoms with E-state index < -0.39 is 6.23 Å². The van der Waals surface area contributed by atoms with E-state index in [1.807, 2.05) is 38.2 Å². The largest absolute Gasteiger partial charge is 0.379 e. The van der Waals surface area contributed by atoms with Crippen molar-refractivity contribution in [1.82, 2.24) is 4.90 Å². The lowest BCUT2D eigenvalue weighted by Gasteiger charge is -2.33. The summed E-state index contributed by atoms with van der Waals surface area (Å²) in [5, 5.41) is 10.3. The Labute approximate surface area is 133 Å². The molecule has 21 heavy (non-hydrogen) atoms. The molecule has 0 spiro atoms. The molecule has 118 valence electrons. The summed E-state index contributed by atoms with van der Waals surface area (Å²) in [6.07, 6.45) is 9.56. The van der Waals surface area contributed by atoms with E-state index in [1.165, 1.54) is 4.91 Å². The fraction of sp³-hybridized carbons (Fsp3) is 0.529. The van der Waals surface area contributed by atoms with Gasteiger partial charge in [0.25, 0.3) is 0 Å². The van der Waals surface area contributed by atoms with Crippen molar-refractivity contribution in [1.29, 1.82) is 0 Å². The molecule has 1 fully saturated rings. The van der Waals surface area contributed by atoms with E-state index >= 15 is 0 Å². The molecule has 0 bridgehead atoms. The minimum atomic E-state index is -0.448. The zero-order chi connectivity index (χ0) is 15.7. The number of aliphatic hydroxyl groups is 1. The molecule has 1 aliphatic rings. The third kappa shape index (κ3) is 6.66. The van der Waals surface area contributed by atoms with Gasteiger partial charge in [0.05, 0.1) is 13.2 Å². The number of aliphatic hydroxyl groups excluding tert-OH is 1. The molecule has 3 nitrogen and oxygen atoms in total. The van der Waals surface area contributed by atoms with Crippen LogP contribution in [0.5, 0.6) is 0 Å². The second-order valence-corrected chi connectivity index (χ2v) is 6.40. The number of rotatable bonds is 7. The molecule has 0 aromatic carbocycles. The second-order valence-electron chi connectivity index (χ2n) is 5.08. The monoisotopic (exact) mass is 309 g/mol. The molecule has 1 heterocycles. The summed E-state index contributed by atoms with van der Waals surface area (Å²) < 4.78 is 5.30. The highest BCUT2D eigenvalue weighted by Crippen LogP contribution is 2.25. The third-order valence-electron chi connectivity index (χ3n) is 3.45. The Morgan fingerprint density at radius 2 is 2.05 bits per heavy atom. The van der Waals surface area contributed by atoms with Gasteiger partial charge in [-0.25, -0.2) is 0 Å². The second kappa shape index (κ2) is 10.0. The maximum absolute atomic E-state index is 10.3. The summed E-state index contributed by atoms with van der Waals surface area (Å²) >= 11 is 1.70. The summed E-state index contributed by atoms with van der Waals surface area (Å²) in [4.78, 5) is 4.42. The Morgan fingerprint density at radius 3 is 2.62 bits per heavy atom. The summed E-state index contributed by atoms with van der Waals surface area (Å²) in [5.41, 5.74) is 0. The first-order valence-corrected chi connectivity index (χ1v) is 8.21. The van der Waals surface area contributed by atoms with E-state index in [9.17, 15) is 5.11 Å². The average molecular weight is 309 g/mol. The van der Waals surface area contributed by atoms with Crippen molar-refractivity contribution in [3.63, 3.8) is 0 Å². The normalized spacial score (nSPS) is 21.5. The van der Waals surface area contributed by atoms with E-state index in [1.54, 1.807) is 11.8 Å². The van der Waals surface area contributed by atoms with Crippen molar-refractivity contribution in [2.45, 2.75) is 27.0 Å². The van der Waals surface area contributed by atoms with Gasteiger partial charge in [-0.15, -0.1) is 0 Å². The van der Waals surface area contributed by atoms with Crippen LogP contribution in [0, 0.1) is 5.92 Å². The van der Waals surface area contributed by atoms with Crippen LogP contribution in [-0.2, 0) is 4.74 Å². The van der Waals surface area contributed by atoms with Gasteiger partial charge in [-0.2, -0.15) is 0 Å². The number of allylic oxidation sites excluding steroid dienone is 5. The zero-order valence-corrected chi connectivity index (χ0v) is 14.1. The van der Waals surface area contributed by atoms with Gasteiger partial charge in [-0.05, 0) is 24.8 Å². The number of ether oxygens (including phenoxy) is 1.